The number of aromatic nitrogens is 4. The van der Waals surface area contributed by atoms with Crippen LogP contribution in [0.15, 0.2) is 53.7 Å². The molecule has 0 spiro atoms. The molecule has 9 heteroatoms. The van der Waals surface area contributed by atoms with Gasteiger partial charge in [-0.3, -0.25) is 19.9 Å². The first kappa shape index (κ1) is 20.7. The molecule has 0 bridgehead atoms. The minimum Gasteiger partial charge on any atom is -0.497 e. The van der Waals surface area contributed by atoms with Crippen LogP contribution in [0.5, 0.6) is 5.75 Å². The van der Waals surface area contributed by atoms with Crippen LogP contribution in [0.3, 0.4) is 0 Å². The van der Waals surface area contributed by atoms with Crippen molar-refractivity contribution in [1.82, 2.24) is 19.7 Å². The summed E-state index contributed by atoms with van der Waals surface area (Å²) in [7, 11) is 1.58. The highest BCUT2D eigenvalue weighted by atomic mass is 32.2. The number of methoxy groups -OCH3 is 1. The molecule has 0 unspecified atom stereocenters. The van der Waals surface area contributed by atoms with Crippen molar-refractivity contribution in [3.05, 3.63) is 65.3 Å². The van der Waals surface area contributed by atoms with Gasteiger partial charge in [0.1, 0.15) is 11.2 Å². The fourth-order valence-electron chi connectivity index (χ4n) is 3.27. The average molecular weight is 435 g/mol. The molecule has 3 N–H and O–H groups in total. The van der Waals surface area contributed by atoms with Crippen LogP contribution in [0.25, 0.3) is 16.7 Å². The number of aryl methyl sites for hydroxylation is 2. The molecule has 8 nitrogen and oxygen atoms in total. The molecule has 1 amide bonds. The molecular formula is C22H22N6O2S. The summed E-state index contributed by atoms with van der Waals surface area (Å²) in [5.74, 6) is 0.625. The number of carbonyl (C=O) groups is 1. The van der Waals surface area contributed by atoms with Crippen molar-refractivity contribution in [2.45, 2.75) is 19.0 Å². The Bertz CT molecular complexity index is 1330. The van der Waals surface area contributed by atoms with Crippen LogP contribution in [-0.2, 0) is 4.79 Å². The first-order valence-electron chi connectivity index (χ1n) is 9.62. The van der Waals surface area contributed by atoms with Crippen LogP contribution in [0.4, 0.5) is 5.69 Å². The number of ether oxygens (including phenoxy) is 1. The predicted molar refractivity (Wildman–Crippen MR) is 121 cm³/mol. The second-order valence-electron chi connectivity index (χ2n) is 7.02. The summed E-state index contributed by atoms with van der Waals surface area (Å²) in [5, 5.41) is 19.9. The van der Waals surface area contributed by atoms with Gasteiger partial charge >= 0.3 is 0 Å². The lowest BCUT2D eigenvalue weighted by Gasteiger charge is -2.14. The maximum atomic E-state index is 12.6. The Morgan fingerprint density at radius 2 is 2.03 bits per heavy atom. The van der Waals surface area contributed by atoms with Crippen LogP contribution in [0.2, 0.25) is 0 Å². The number of nitrogens with one attached hydrogen (secondary N) is 3. The zero-order valence-electron chi connectivity index (χ0n) is 17.4. The van der Waals surface area contributed by atoms with E-state index in [1.165, 1.54) is 11.8 Å². The molecule has 2 aromatic carbocycles. The number of carbonyl (C=O) groups excluding carboxylic acids is 1. The number of nitrogens with zero attached hydrogens (tertiary/aromatic N) is 3. The number of H-pyrrole nitrogens is 1. The molecule has 2 aromatic heterocycles. The van der Waals surface area contributed by atoms with E-state index in [9.17, 15) is 4.79 Å². The summed E-state index contributed by atoms with van der Waals surface area (Å²) in [6, 6.07) is 15.0. The molecule has 0 fully saturated rings. The van der Waals surface area contributed by atoms with E-state index in [0.717, 1.165) is 11.3 Å². The van der Waals surface area contributed by atoms with Crippen molar-refractivity contribution in [1.29, 1.82) is 5.41 Å². The quantitative estimate of drug-likeness (QED) is 0.317. The summed E-state index contributed by atoms with van der Waals surface area (Å²) in [6.07, 6.45) is 0. The highest BCUT2D eigenvalue weighted by Crippen LogP contribution is 2.23. The standard InChI is InChI=1S/C22H22N6O2S/c1-13-6-4-8-16(10-13)28-20(23)19-14(2)26-27-21(19)25-22(28)31-12-18(29)24-15-7-5-9-17(11-15)30-3/h4-11,23H,12H2,1-3H3,(H,24,29)(H,26,27). The van der Waals surface area contributed by atoms with Crippen molar-refractivity contribution in [3.8, 4) is 11.4 Å². The Morgan fingerprint density at radius 3 is 2.81 bits per heavy atom. The molecule has 0 aliphatic rings. The second kappa shape index (κ2) is 8.65. The van der Waals surface area contributed by atoms with Gasteiger partial charge in [-0.2, -0.15) is 5.10 Å². The number of hydrogen-bond acceptors (Lipinski definition) is 6. The first-order valence-corrected chi connectivity index (χ1v) is 10.6. The first-order chi connectivity index (χ1) is 15.0. The van der Waals surface area contributed by atoms with Crippen LogP contribution < -0.4 is 15.5 Å². The highest BCUT2D eigenvalue weighted by molar-refractivity contribution is 7.99. The minimum atomic E-state index is -0.178. The van der Waals surface area contributed by atoms with E-state index in [2.05, 4.69) is 20.5 Å². The lowest BCUT2D eigenvalue weighted by Crippen LogP contribution is -2.23. The van der Waals surface area contributed by atoms with Gasteiger partial charge in [-0.15, -0.1) is 0 Å². The Kier molecular flexibility index (Phi) is 5.77. The third kappa shape index (κ3) is 4.31. The Labute approximate surface area is 183 Å². The lowest BCUT2D eigenvalue weighted by molar-refractivity contribution is -0.113. The summed E-state index contributed by atoms with van der Waals surface area (Å²) < 4.78 is 6.95. The van der Waals surface area contributed by atoms with E-state index < -0.39 is 0 Å². The van der Waals surface area contributed by atoms with Crippen LogP contribution in [0.1, 0.15) is 11.3 Å². The van der Waals surface area contributed by atoms with Gasteiger partial charge in [0.15, 0.2) is 10.8 Å². The fourth-order valence-corrected chi connectivity index (χ4v) is 4.08. The van der Waals surface area contributed by atoms with Crippen molar-refractivity contribution in [3.63, 3.8) is 0 Å². The van der Waals surface area contributed by atoms with Gasteiger partial charge in [0.2, 0.25) is 5.91 Å². The smallest absolute Gasteiger partial charge is 0.234 e. The summed E-state index contributed by atoms with van der Waals surface area (Å²) >= 11 is 1.26. The summed E-state index contributed by atoms with van der Waals surface area (Å²) in [6.45, 7) is 3.84. The fraction of sp³-hybridized carbons (Fsp3) is 0.182. The summed E-state index contributed by atoms with van der Waals surface area (Å²) in [5.41, 5.74) is 4.06. The molecule has 0 radical (unpaired) electrons. The topological polar surface area (TPSA) is 109 Å². The largest absolute Gasteiger partial charge is 0.497 e. The number of hydrogen-bond donors (Lipinski definition) is 3. The van der Waals surface area contributed by atoms with Crippen molar-refractivity contribution in [2.24, 2.45) is 0 Å². The Morgan fingerprint density at radius 1 is 1.23 bits per heavy atom. The lowest BCUT2D eigenvalue weighted by atomic mass is 10.2. The SMILES string of the molecule is COc1cccc(NC(=O)CSc2nc3[nH]nc(C)c3c(=N)n2-c2cccc(C)c2)c1. The van der Waals surface area contributed by atoms with Crippen LogP contribution in [-0.4, -0.2) is 38.5 Å². The number of amides is 1. The molecule has 158 valence electrons. The van der Waals surface area contributed by atoms with E-state index in [0.29, 0.717) is 33.3 Å². The van der Waals surface area contributed by atoms with Gasteiger partial charge in [0.25, 0.3) is 0 Å². The number of anilines is 1. The van der Waals surface area contributed by atoms with Crippen molar-refractivity contribution in [2.75, 3.05) is 18.2 Å². The zero-order chi connectivity index (χ0) is 22.0. The van der Waals surface area contributed by atoms with Gasteiger partial charge in [0, 0.05) is 17.4 Å². The van der Waals surface area contributed by atoms with Gasteiger partial charge in [-0.1, -0.05) is 30.0 Å². The van der Waals surface area contributed by atoms with E-state index in [4.69, 9.17) is 10.1 Å². The molecule has 4 aromatic rings. The summed E-state index contributed by atoms with van der Waals surface area (Å²) in [4.78, 5) is 17.2. The van der Waals surface area contributed by atoms with Crippen LogP contribution >= 0.6 is 11.8 Å². The van der Waals surface area contributed by atoms with E-state index in [1.54, 1.807) is 23.8 Å². The Balaban J connectivity index is 1.65. The third-order valence-corrected chi connectivity index (χ3v) is 5.67. The van der Waals surface area contributed by atoms with Crippen molar-refractivity contribution < 1.29 is 9.53 Å². The maximum absolute atomic E-state index is 12.6. The van der Waals surface area contributed by atoms with E-state index >= 15 is 0 Å². The zero-order valence-corrected chi connectivity index (χ0v) is 18.2. The molecule has 2 heterocycles. The van der Waals surface area contributed by atoms with Gasteiger partial charge in [-0.25, -0.2) is 4.98 Å². The minimum absolute atomic E-state index is 0.133. The molecular weight excluding hydrogens is 412 g/mol. The average Bonchev–Trinajstić information content (AvgIpc) is 3.13. The monoisotopic (exact) mass is 434 g/mol. The number of benzene rings is 2. The van der Waals surface area contributed by atoms with Gasteiger partial charge in [-0.05, 0) is 43.7 Å². The third-order valence-electron chi connectivity index (χ3n) is 4.73. The van der Waals surface area contributed by atoms with E-state index in [-0.39, 0.29) is 17.1 Å². The number of rotatable bonds is 6. The maximum Gasteiger partial charge on any atom is 0.234 e. The van der Waals surface area contributed by atoms with Crippen LogP contribution in [0, 0.1) is 19.3 Å². The number of thioether (sulfide) groups is 1. The molecule has 0 aliphatic heterocycles. The molecule has 0 saturated heterocycles. The predicted octanol–water partition coefficient (Wildman–Crippen LogP) is 3.58. The highest BCUT2D eigenvalue weighted by Gasteiger charge is 2.16. The molecule has 0 saturated carbocycles. The van der Waals surface area contributed by atoms with E-state index in [1.807, 2.05) is 50.2 Å². The number of aromatic amines is 1. The molecule has 0 aliphatic carbocycles. The van der Waals surface area contributed by atoms with Gasteiger partial charge in [0.05, 0.1) is 23.9 Å². The van der Waals surface area contributed by atoms with Gasteiger partial charge < -0.3 is 10.1 Å². The normalized spacial score (nSPS) is 10.9. The molecule has 4 rings (SSSR count). The number of fused-ring (bicyclic) bond motifs is 1. The Hall–Kier alpha value is -3.59. The van der Waals surface area contributed by atoms with Crippen molar-refractivity contribution >= 4 is 34.4 Å². The second-order valence-corrected chi connectivity index (χ2v) is 7.96. The molecule has 0 atom stereocenters. The molecule has 31 heavy (non-hydrogen) atoms.